The van der Waals surface area contributed by atoms with Crippen molar-refractivity contribution in [1.29, 1.82) is 0 Å². The second kappa shape index (κ2) is 16.9. The van der Waals surface area contributed by atoms with Crippen LogP contribution in [0.4, 0.5) is 4.79 Å². The lowest BCUT2D eigenvalue weighted by Crippen LogP contribution is -2.52. The number of methoxy groups -OCH3 is 1. The molecule has 1 fully saturated rings. The molecule has 0 radical (unpaired) electrons. The van der Waals surface area contributed by atoms with Gasteiger partial charge in [-0.15, -0.1) is 0 Å². The summed E-state index contributed by atoms with van der Waals surface area (Å²) < 4.78 is 15.8. The average molecular weight is 608 g/mol. The lowest BCUT2D eigenvalue weighted by Gasteiger charge is -2.29. The van der Waals surface area contributed by atoms with Crippen LogP contribution in [-0.4, -0.2) is 54.8 Å². The first-order valence-corrected chi connectivity index (χ1v) is 14.2. The van der Waals surface area contributed by atoms with Crippen molar-refractivity contribution in [1.82, 2.24) is 10.6 Å². The Bertz CT molecular complexity index is 1120. The zero-order chi connectivity index (χ0) is 32.1. The zero-order valence-electron chi connectivity index (χ0n) is 25.9. The number of nitrogens with one attached hydrogen (secondary N) is 2. The quantitative estimate of drug-likeness (QED) is 0.144. The van der Waals surface area contributed by atoms with Gasteiger partial charge in [-0.25, -0.2) is 9.59 Å². The summed E-state index contributed by atoms with van der Waals surface area (Å²) in [5.41, 5.74) is 4.56. The van der Waals surface area contributed by atoms with E-state index in [1.807, 2.05) is 46.8 Å². The van der Waals surface area contributed by atoms with E-state index in [1.54, 1.807) is 38.2 Å². The molecule has 1 aliphatic rings. The van der Waals surface area contributed by atoms with Crippen LogP contribution >= 0.6 is 11.6 Å². The van der Waals surface area contributed by atoms with Crippen molar-refractivity contribution < 1.29 is 33.4 Å². The maximum Gasteiger partial charge on any atom is 0.404 e. The summed E-state index contributed by atoms with van der Waals surface area (Å²) in [5, 5.41) is 5.98. The third-order valence-corrected chi connectivity index (χ3v) is 6.82. The molecule has 0 aromatic carbocycles. The third kappa shape index (κ3) is 13.1. The molecule has 0 aliphatic carbocycles. The van der Waals surface area contributed by atoms with E-state index in [-0.39, 0.29) is 18.0 Å². The predicted molar refractivity (Wildman–Crippen MR) is 163 cm³/mol. The minimum Gasteiger partial charge on any atom is -0.459 e. The number of hydrogen-bond donors (Lipinski definition) is 3. The molecule has 0 saturated carbocycles. The fraction of sp³-hybridized carbons (Fsp3) is 0.548. The zero-order valence-corrected chi connectivity index (χ0v) is 26.6. The van der Waals surface area contributed by atoms with E-state index >= 15 is 0 Å². The Morgan fingerprint density at radius 2 is 1.83 bits per heavy atom. The molecule has 0 aromatic rings. The van der Waals surface area contributed by atoms with E-state index in [2.05, 4.69) is 10.6 Å². The van der Waals surface area contributed by atoms with E-state index in [0.717, 1.165) is 5.57 Å². The third-order valence-electron chi connectivity index (χ3n) is 6.66. The summed E-state index contributed by atoms with van der Waals surface area (Å²) >= 11 is 5.84. The van der Waals surface area contributed by atoms with Crippen LogP contribution in [0.3, 0.4) is 0 Å². The molecule has 11 heteroatoms. The maximum atomic E-state index is 12.9. The monoisotopic (exact) mass is 607 g/mol. The van der Waals surface area contributed by atoms with Crippen molar-refractivity contribution in [2.24, 2.45) is 17.1 Å². The fourth-order valence-corrected chi connectivity index (χ4v) is 4.21. The van der Waals surface area contributed by atoms with E-state index in [1.165, 1.54) is 19.4 Å². The van der Waals surface area contributed by atoms with Crippen molar-refractivity contribution in [3.05, 3.63) is 59.3 Å². The fourth-order valence-electron chi connectivity index (χ4n) is 4.12. The molecular weight excluding hydrogens is 562 g/mol. The van der Waals surface area contributed by atoms with Crippen LogP contribution in [0.15, 0.2) is 59.3 Å². The van der Waals surface area contributed by atoms with E-state index < -0.39 is 41.1 Å². The smallest absolute Gasteiger partial charge is 0.404 e. The van der Waals surface area contributed by atoms with Gasteiger partial charge in [-0.05, 0) is 32.4 Å². The van der Waals surface area contributed by atoms with Gasteiger partial charge in [0.25, 0.3) is 0 Å². The van der Waals surface area contributed by atoms with Gasteiger partial charge in [0.2, 0.25) is 11.8 Å². The van der Waals surface area contributed by atoms with Gasteiger partial charge in [-0.2, -0.15) is 0 Å². The minimum absolute atomic E-state index is 0.0174. The first kappa shape index (κ1) is 36.7. The SMILES string of the molecule is COC1(C)CC(C(C)/C=C(C)/C=C\C=C\C(=O)NC(C(=O)N/C=C\CC(C/C=C(\C)Cl)OC(N)=O)C(C)(C)C)OC1=O. The number of hydrogen-bond acceptors (Lipinski definition) is 7. The maximum absolute atomic E-state index is 12.9. The molecule has 0 aromatic heterocycles. The summed E-state index contributed by atoms with van der Waals surface area (Å²) in [6.07, 6.45) is 12.7. The van der Waals surface area contributed by atoms with Crippen molar-refractivity contribution in [2.45, 2.75) is 91.6 Å². The highest BCUT2D eigenvalue weighted by atomic mass is 35.5. The Kier molecular flexibility index (Phi) is 14.8. The molecule has 1 rings (SSSR count). The number of ether oxygens (including phenoxy) is 3. The number of cyclic esters (lactones) is 1. The van der Waals surface area contributed by atoms with Gasteiger partial charge in [0.15, 0.2) is 5.60 Å². The number of nitrogens with two attached hydrogens (primary N) is 1. The number of esters is 1. The summed E-state index contributed by atoms with van der Waals surface area (Å²) in [5.74, 6) is -1.20. The van der Waals surface area contributed by atoms with Crippen LogP contribution in [0, 0.1) is 11.3 Å². The standard InChI is InChI=1S/C31H46ClN3O7/c1-20(18-21(2)24-19-31(7,40-8)28(38)42-24)12-9-10-14-25(36)35-26(30(4,5)6)27(37)34-17-11-13-23(41-29(33)39)16-15-22(3)32/h9-12,14-15,17-18,21,23-24,26H,13,16,19H2,1-8H3,(H2,33,39)(H,34,37)(H,35,36)/b12-9-,14-10+,17-11-,20-18+,22-15+. The molecule has 42 heavy (non-hydrogen) atoms. The Balaban J connectivity index is 2.71. The van der Waals surface area contributed by atoms with Gasteiger partial charge in [0, 0.05) is 43.4 Å². The number of allylic oxidation sites excluding steroid dienone is 5. The highest BCUT2D eigenvalue weighted by Gasteiger charge is 2.47. The first-order chi connectivity index (χ1) is 19.5. The van der Waals surface area contributed by atoms with E-state index in [4.69, 9.17) is 31.5 Å². The van der Waals surface area contributed by atoms with Gasteiger partial charge in [0.1, 0.15) is 18.2 Å². The number of carbonyl (C=O) groups excluding carboxylic acids is 4. The van der Waals surface area contributed by atoms with Gasteiger partial charge in [0.05, 0.1) is 0 Å². The van der Waals surface area contributed by atoms with Crippen molar-refractivity contribution >= 4 is 35.5 Å². The molecule has 0 spiro atoms. The number of carbonyl (C=O) groups is 4. The van der Waals surface area contributed by atoms with Gasteiger partial charge in [-0.3, -0.25) is 9.59 Å². The molecule has 5 unspecified atom stereocenters. The van der Waals surface area contributed by atoms with Crippen molar-refractivity contribution in [2.75, 3.05) is 7.11 Å². The van der Waals surface area contributed by atoms with Crippen LogP contribution in [-0.2, 0) is 28.6 Å². The van der Waals surface area contributed by atoms with Crippen molar-refractivity contribution in [3.8, 4) is 0 Å². The van der Waals surface area contributed by atoms with Crippen LogP contribution in [0.2, 0.25) is 0 Å². The summed E-state index contributed by atoms with van der Waals surface area (Å²) in [7, 11) is 1.50. The minimum atomic E-state index is -0.920. The first-order valence-electron chi connectivity index (χ1n) is 13.8. The Morgan fingerprint density at radius 1 is 1.19 bits per heavy atom. The molecular formula is C31H46ClN3O7. The molecule has 10 nitrogen and oxygen atoms in total. The van der Waals surface area contributed by atoms with Crippen LogP contribution < -0.4 is 16.4 Å². The van der Waals surface area contributed by atoms with Gasteiger partial charge >= 0.3 is 12.1 Å². The predicted octanol–water partition coefficient (Wildman–Crippen LogP) is 4.95. The number of amides is 3. The average Bonchev–Trinajstić information content (AvgIpc) is 3.19. The van der Waals surface area contributed by atoms with E-state index in [0.29, 0.717) is 24.3 Å². The van der Waals surface area contributed by atoms with Crippen LogP contribution in [0.25, 0.3) is 0 Å². The summed E-state index contributed by atoms with van der Waals surface area (Å²) in [4.78, 5) is 48.7. The lowest BCUT2D eigenvalue weighted by molar-refractivity contribution is -0.156. The molecule has 3 amide bonds. The number of halogens is 1. The highest BCUT2D eigenvalue weighted by molar-refractivity contribution is 6.29. The van der Waals surface area contributed by atoms with Crippen LogP contribution in [0.5, 0.6) is 0 Å². The Morgan fingerprint density at radius 3 is 2.38 bits per heavy atom. The molecule has 234 valence electrons. The van der Waals surface area contributed by atoms with Gasteiger partial charge in [-0.1, -0.05) is 81.3 Å². The Labute approximate surface area is 254 Å². The van der Waals surface area contributed by atoms with Gasteiger partial charge < -0.3 is 30.6 Å². The Hall–Kier alpha value is -3.37. The second-order valence-corrected chi connectivity index (χ2v) is 12.2. The van der Waals surface area contributed by atoms with Crippen molar-refractivity contribution in [3.63, 3.8) is 0 Å². The lowest BCUT2D eigenvalue weighted by atomic mass is 9.86. The normalized spacial score (nSPS) is 22.3. The molecule has 4 N–H and O–H groups in total. The summed E-state index contributed by atoms with van der Waals surface area (Å²) in [6, 6.07) is -0.822. The second-order valence-electron chi connectivity index (χ2n) is 11.6. The number of rotatable bonds is 14. The molecule has 0 bridgehead atoms. The highest BCUT2D eigenvalue weighted by Crippen LogP contribution is 2.33. The topological polar surface area (TPSA) is 146 Å². The molecule has 1 aliphatic heterocycles. The summed E-state index contributed by atoms with van der Waals surface area (Å²) in [6.45, 7) is 12.8. The van der Waals surface area contributed by atoms with Crippen LogP contribution in [0.1, 0.15) is 67.7 Å². The molecule has 1 saturated heterocycles. The molecule has 5 atom stereocenters. The van der Waals surface area contributed by atoms with E-state index in [9.17, 15) is 19.2 Å². The number of primary amides is 1. The largest absolute Gasteiger partial charge is 0.459 e. The molecule has 1 heterocycles.